The molecule has 0 radical (unpaired) electrons. The first-order chi connectivity index (χ1) is 10.6. The number of primary amides is 1. The highest BCUT2D eigenvalue weighted by Gasteiger charge is 2.22. The molecule has 1 atom stereocenters. The molecule has 1 aliphatic heterocycles. The fourth-order valence-corrected chi connectivity index (χ4v) is 2.81. The summed E-state index contributed by atoms with van der Waals surface area (Å²) < 4.78 is 7.78. The van der Waals surface area contributed by atoms with E-state index in [1.807, 2.05) is 22.8 Å². The number of carbonyl (C=O) groups is 1. The number of hydrogen-bond acceptors (Lipinski definition) is 5. The van der Waals surface area contributed by atoms with E-state index < -0.39 is 0 Å². The second kappa shape index (κ2) is 8.26. The molecule has 7 nitrogen and oxygen atoms in total. The Morgan fingerprint density at radius 1 is 1.59 bits per heavy atom. The lowest BCUT2D eigenvalue weighted by molar-refractivity contribution is -0.119. The van der Waals surface area contributed by atoms with Crippen LogP contribution < -0.4 is 5.73 Å². The molecule has 0 bridgehead atoms. The van der Waals surface area contributed by atoms with Crippen LogP contribution in [0.15, 0.2) is 12.4 Å². The lowest BCUT2D eigenvalue weighted by atomic mass is 10.2. The maximum absolute atomic E-state index is 10.9. The summed E-state index contributed by atoms with van der Waals surface area (Å²) in [6.07, 6.45) is 5.27. The average molecular weight is 309 g/mol. The van der Waals surface area contributed by atoms with Crippen molar-refractivity contribution in [2.75, 3.05) is 39.8 Å². The van der Waals surface area contributed by atoms with Crippen LogP contribution in [0.5, 0.6) is 0 Å². The molecule has 0 spiro atoms. The highest BCUT2D eigenvalue weighted by Crippen LogP contribution is 2.11. The minimum atomic E-state index is -0.307. The zero-order valence-electron chi connectivity index (χ0n) is 13.6. The largest absolute Gasteiger partial charge is 0.374 e. The topological polar surface area (TPSA) is 76.6 Å². The SMILES string of the molecule is CCCn1cc(CN2CCOC(CN(C)CC(N)=O)C2)cn1. The Labute approximate surface area is 132 Å². The number of nitrogens with zero attached hydrogens (tertiary/aromatic N) is 4. The third kappa shape index (κ3) is 5.40. The molecule has 0 saturated carbocycles. The molecule has 2 N–H and O–H groups in total. The van der Waals surface area contributed by atoms with Gasteiger partial charge in [-0.3, -0.25) is 19.3 Å². The predicted molar refractivity (Wildman–Crippen MR) is 84.2 cm³/mol. The molecule has 1 saturated heterocycles. The molecule has 2 rings (SSSR count). The minimum absolute atomic E-state index is 0.115. The van der Waals surface area contributed by atoms with Crippen LogP contribution >= 0.6 is 0 Å². The first-order valence-corrected chi connectivity index (χ1v) is 7.89. The third-order valence-electron chi connectivity index (χ3n) is 3.71. The Morgan fingerprint density at radius 3 is 3.14 bits per heavy atom. The summed E-state index contributed by atoms with van der Waals surface area (Å²) in [4.78, 5) is 15.2. The van der Waals surface area contributed by atoms with Gasteiger partial charge in [0.15, 0.2) is 0 Å². The van der Waals surface area contributed by atoms with Crippen LogP contribution in [-0.2, 0) is 22.6 Å². The van der Waals surface area contributed by atoms with Crippen LogP contribution in [-0.4, -0.2) is 71.4 Å². The molecule has 0 aliphatic carbocycles. The van der Waals surface area contributed by atoms with E-state index in [1.165, 1.54) is 5.56 Å². The van der Waals surface area contributed by atoms with Crippen molar-refractivity contribution in [2.45, 2.75) is 32.5 Å². The maximum atomic E-state index is 10.9. The monoisotopic (exact) mass is 309 g/mol. The van der Waals surface area contributed by atoms with Gasteiger partial charge in [-0.2, -0.15) is 5.10 Å². The highest BCUT2D eigenvalue weighted by molar-refractivity contribution is 5.75. The fraction of sp³-hybridized carbons (Fsp3) is 0.733. The van der Waals surface area contributed by atoms with Gasteiger partial charge in [-0.1, -0.05) is 6.92 Å². The second-order valence-electron chi connectivity index (χ2n) is 6.00. The van der Waals surface area contributed by atoms with Crippen LogP contribution in [0.1, 0.15) is 18.9 Å². The quantitative estimate of drug-likeness (QED) is 0.726. The molecule has 0 aromatic carbocycles. The summed E-state index contributed by atoms with van der Waals surface area (Å²) >= 11 is 0. The van der Waals surface area contributed by atoms with Crippen molar-refractivity contribution in [3.8, 4) is 0 Å². The van der Waals surface area contributed by atoms with Crippen LogP contribution in [0.3, 0.4) is 0 Å². The number of rotatable bonds is 8. The predicted octanol–water partition coefficient (Wildman–Crippen LogP) is -0.0890. The average Bonchev–Trinajstić information content (AvgIpc) is 2.86. The summed E-state index contributed by atoms with van der Waals surface area (Å²) in [5.41, 5.74) is 6.45. The number of aryl methyl sites for hydroxylation is 1. The van der Waals surface area contributed by atoms with Gasteiger partial charge in [0, 0.05) is 44.5 Å². The first-order valence-electron chi connectivity index (χ1n) is 7.89. The van der Waals surface area contributed by atoms with E-state index in [1.54, 1.807) is 0 Å². The first kappa shape index (κ1) is 16.9. The van der Waals surface area contributed by atoms with Gasteiger partial charge < -0.3 is 10.5 Å². The smallest absolute Gasteiger partial charge is 0.231 e. The van der Waals surface area contributed by atoms with Gasteiger partial charge in [-0.15, -0.1) is 0 Å². The molecule has 2 heterocycles. The number of carbonyl (C=O) groups excluding carboxylic acids is 1. The molecular formula is C15H27N5O2. The standard InChI is InChI=1S/C15H27N5O2/c1-3-4-20-9-13(7-17-20)8-19-5-6-22-14(11-19)10-18(2)12-15(16)21/h7,9,14H,3-6,8,10-12H2,1-2H3,(H2,16,21). The molecule has 1 fully saturated rings. The van der Waals surface area contributed by atoms with Crippen molar-refractivity contribution in [1.29, 1.82) is 0 Å². The normalized spacial score (nSPS) is 19.7. The molecular weight excluding hydrogens is 282 g/mol. The Bertz CT molecular complexity index is 476. The lowest BCUT2D eigenvalue weighted by Gasteiger charge is -2.34. The molecule has 1 amide bonds. The van der Waals surface area contributed by atoms with Gasteiger partial charge in [0.1, 0.15) is 0 Å². The number of amides is 1. The number of hydrogen-bond donors (Lipinski definition) is 1. The molecule has 1 aromatic heterocycles. The Hall–Kier alpha value is -1.44. The number of morpholine rings is 1. The number of aromatic nitrogens is 2. The van der Waals surface area contributed by atoms with E-state index >= 15 is 0 Å². The molecule has 1 unspecified atom stereocenters. The maximum Gasteiger partial charge on any atom is 0.231 e. The van der Waals surface area contributed by atoms with E-state index in [4.69, 9.17) is 10.5 Å². The van der Waals surface area contributed by atoms with Crippen LogP contribution in [0.2, 0.25) is 0 Å². The third-order valence-corrected chi connectivity index (χ3v) is 3.71. The molecule has 1 aromatic rings. The molecule has 22 heavy (non-hydrogen) atoms. The Balaban J connectivity index is 1.80. The highest BCUT2D eigenvalue weighted by atomic mass is 16.5. The summed E-state index contributed by atoms with van der Waals surface area (Å²) in [6, 6.07) is 0. The zero-order valence-corrected chi connectivity index (χ0v) is 13.6. The number of nitrogens with two attached hydrogens (primary N) is 1. The molecule has 124 valence electrons. The van der Waals surface area contributed by atoms with Crippen LogP contribution in [0, 0.1) is 0 Å². The van der Waals surface area contributed by atoms with Crippen molar-refractivity contribution in [2.24, 2.45) is 5.73 Å². The zero-order chi connectivity index (χ0) is 15.9. The van der Waals surface area contributed by atoms with Crippen LogP contribution in [0.25, 0.3) is 0 Å². The molecule has 7 heteroatoms. The molecule has 1 aliphatic rings. The van der Waals surface area contributed by atoms with Gasteiger partial charge >= 0.3 is 0 Å². The number of ether oxygens (including phenoxy) is 1. The van der Waals surface area contributed by atoms with E-state index in [0.29, 0.717) is 6.54 Å². The van der Waals surface area contributed by atoms with Gasteiger partial charge in [-0.05, 0) is 13.5 Å². The van der Waals surface area contributed by atoms with Gasteiger partial charge in [0.2, 0.25) is 5.91 Å². The van der Waals surface area contributed by atoms with Crippen molar-refractivity contribution >= 4 is 5.91 Å². The van der Waals surface area contributed by atoms with Crippen molar-refractivity contribution in [3.05, 3.63) is 18.0 Å². The van der Waals surface area contributed by atoms with E-state index in [9.17, 15) is 4.79 Å². The fourth-order valence-electron chi connectivity index (χ4n) is 2.81. The van der Waals surface area contributed by atoms with Crippen LogP contribution in [0.4, 0.5) is 0 Å². The summed E-state index contributed by atoms with van der Waals surface area (Å²) in [5, 5.41) is 4.37. The summed E-state index contributed by atoms with van der Waals surface area (Å²) in [7, 11) is 1.89. The summed E-state index contributed by atoms with van der Waals surface area (Å²) in [5.74, 6) is -0.307. The van der Waals surface area contributed by atoms with E-state index in [-0.39, 0.29) is 18.6 Å². The minimum Gasteiger partial charge on any atom is -0.374 e. The van der Waals surface area contributed by atoms with Gasteiger partial charge in [-0.25, -0.2) is 0 Å². The van der Waals surface area contributed by atoms with Gasteiger partial charge in [0.05, 0.1) is 25.5 Å². The van der Waals surface area contributed by atoms with Crippen molar-refractivity contribution < 1.29 is 9.53 Å². The van der Waals surface area contributed by atoms with E-state index in [0.717, 1.165) is 39.2 Å². The lowest BCUT2D eigenvalue weighted by Crippen LogP contribution is -2.47. The van der Waals surface area contributed by atoms with E-state index in [2.05, 4.69) is 23.1 Å². The Kier molecular flexibility index (Phi) is 6.35. The summed E-state index contributed by atoms with van der Waals surface area (Å²) in [6.45, 7) is 7.50. The Morgan fingerprint density at radius 2 is 2.41 bits per heavy atom. The van der Waals surface area contributed by atoms with Crippen molar-refractivity contribution in [3.63, 3.8) is 0 Å². The number of likely N-dealkylation sites (N-methyl/N-ethyl adjacent to an activating group) is 1. The van der Waals surface area contributed by atoms with Gasteiger partial charge in [0.25, 0.3) is 0 Å². The van der Waals surface area contributed by atoms with Crippen molar-refractivity contribution in [1.82, 2.24) is 19.6 Å². The second-order valence-corrected chi connectivity index (χ2v) is 6.00.